The lowest BCUT2D eigenvalue weighted by Gasteiger charge is -2.06. The van der Waals surface area contributed by atoms with E-state index >= 15 is 0 Å². The minimum Gasteiger partial charge on any atom is -0.414 e. The largest absolute Gasteiger partial charge is 0.414 e. The second kappa shape index (κ2) is 6.89. The second-order valence-electron chi connectivity index (χ2n) is 5.84. The summed E-state index contributed by atoms with van der Waals surface area (Å²) in [6, 6.07) is 17.6. The summed E-state index contributed by atoms with van der Waals surface area (Å²) >= 11 is 0. The van der Waals surface area contributed by atoms with E-state index in [9.17, 15) is 0 Å². The lowest BCUT2D eigenvalue weighted by atomic mass is 10.2. The van der Waals surface area contributed by atoms with Crippen molar-refractivity contribution in [3.63, 3.8) is 0 Å². The number of methoxy groups -OCH3 is 1. The molecule has 2 aromatic carbocycles. The van der Waals surface area contributed by atoms with Gasteiger partial charge in [-0.3, -0.25) is 0 Å². The Morgan fingerprint density at radius 3 is 2.38 bits per heavy atom. The number of nitrogens with zero attached hydrogens (tertiary/aromatic N) is 5. The molecule has 0 amide bonds. The molecular weight excluding hydrogens is 330 g/mol. The lowest BCUT2D eigenvalue weighted by molar-refractivity contribution is 0.179. The highest BCUT2D eigenvalue weighted by molar-refractivity contribution is 5.57. The first kappa shape index (κ1) is 16.2. The molecule has 0 saturated carbocycles. The summed E-state index contributed by atoms with van der Waals surface area (Å²) in [6.07, 6.45) is 0. The van der Waals surface area contributed by atoms with Crippen molar-refractivity contribution in [3.05, 3.63) is 65.9 Å². The Morgan fingerprint density at radius 2 is 1.65 bits per heavy atom. The van der Waals surface area contributed by atoms with Crippen molar-refractivity contribution in [3.8, 4) is 28.7 Å². The molecule has 2 aromatic heterocycles. The van der Waals surface area contributed by atoms with Crippen molar-refractivity contribution in [2.75, 3.05) is 7.11 Å². The number of rotatable bonds is 5. The minimum atomic E-state index is 0.314. The Morgan fingerprint density at radius 1 is 0.923 bits per heavy atom. The summed E-state index contributed by atoms with van der Waals surface area (Å²) in [5, 5.41) is 16.8. The molecule has 2 heterocycles. The van der Waals surface area contributed by atoms with E-state index in [2.05, 4.69) is 20.5 Å². The van der Waals surface area contributed by atoms with Crippen LogP contribution in [0.3, 0.4) is 0 Å². The fourth-order valence-corrected chi connectivity index (χ4v) is 2.64. The molecule has 0 spiro atoms. The smallest absolute Gasteiger partial charge is 0.270 e. The van der Waals surface area contributed by atoms with Crippen molar-refractivity contribution in [2.24, 2.45) is 0 Å². The van der Waals surface area contributed by atoms with Gasteiger partial charge >= 0.3 is 0 Å². The van der Waals surface area contributed by atoms with Gasteiger partial charge in [0.05, 0.1) is 12.3 Å². The Hall–Kier alpha value is -3.32. The van der Waals surface area contributed by atoms with Gasteiger partial charge in [-0.2, -0.15) is 0 Å². The van der Waals surface area contributed by atoms with E-state index < -0.39 is 0 Å². The molecule has 0 N–H and O–H groups in total. The monoisotopic (exact) mass is 347 g/mol. The quantitative estimate of drug-likeness (QED) is 0.550. The normalized spacial score (nSPS) is 11.0. The number of aromatic nitrogens is 5. The van der Waals surface area contributed by atoms with Crippen molar-refractivity contribution in [1.29, 1.82) is 0 Å². The Kier molecular flexibility index (Phi) is 4.28. The van der Waals surface area contributed by atoms with Crippen LogP contribution in [0.15, 0.2) is 59.0 Å². The van der Waals surface area contributed by atoms with E-state index in [-0.39, 0.29) is 0 Å². The SMILES string of the molecule is COCc1c(-c2nnc(-c3ccccc3)o2)nnn1-c1ccc(C)cc1. The summed E-state index contributed by atoms with van der Waals surface area (Å²) in [5.74, 6) is 0.753. The molecule has 0 fully saturated rings. The maximum atomic E-state index is 5.82. The van der Waals surface area contributed by atoms with E-state index in [1.807, 2.05) is 61.5 Å². The number of hydrogen-bond donors (Lipinski definition) is 0. The van der Waals surface area contributed by atoms with Gasteiger partial charge in [-0.25, -0.2) is 4.68 Å². The first-order valence-electron chi connectivity index (χ1n) is 8.16. The number of ether oxygens (including phenoxy) is 1. The summed E-state index contributed by atoms with van der Waals surface area (Å²) in [5.41, 5.74) is 4.18. The molecule has 0 bridgehead atoms. The highest BCUT2D eigenvalue weighted by atomic mass is 16.5. The van der Waals surface area contributed by atoms with Crippen LogP contribution in [0.2, 0.25) is 0 Å². The number of hydrogen-bond acceptors (Lipinski definition) is 6. The standard InChI is InChI=1S/C19H17N5O2/c1-13-8-10-15(11-9-13)24-16(12-25-2)17(20-23-24)19-22-21-18(26-19)14-6-4-3-5-7-14/h3-11H,12H2,1-2H3. The minimum absolute atomic E-state index is 0.314. The van der Waals surface area contributed by atoms with E-state index in [1.54, 1.807) is 11.8 Å². The van der Waals surface area contributed by atoms with E-state index in [1.165, 1.54) is 5.56 Å². The topological polar surface area (TPSA) is 78.9 Å². The summed E-state index contributed by atoms with van der Waals surface area (Å²) in [7, 11) is 1.62. The third-order valence-electron chi connectivity index (χ3n) is 3.97. The number of aryl methyl sites for hydroxylation is 1. The van der Waals surface area contributed by atoms with Gasteiger partial charge in [0.2, 0.25) is 5.89 Å². The molecule has 7 nitrogen and oxygen atoms in total. The zero-order valence-electron chi connectivity index (χ0n) is 14.5. The van der Waals surface area contributed by atoms with Crippen LogP contribution in [0.5, 0.6) is 0 Å². The maximum Gasteiger partial charge on any atom is 0.270 e. The molecule has 0 atom stereocenters. The van der Waals surface area contributed by atoms with Gasteiger partial charge in [-0.15, -0.1) is 15.3 Å². The zero-order valence-corrected chi connectivity index (χ0v) is 14.5. The van der Waals surface area contributed by atoms with Gasteiger partial charge in [-0.05, 0) is 31.2 Å². The molecule has 0 radical (unpaired) electrons. The molecule has 0 saturated heterocycles. The fraction of sp³-hybridized carbons (Fsp3) is 0.158. The molecule has 0 unspecified atom stereocenters. The number of benzene rings is 2. The van der Waals surface area contributed by atoms with Crippen LogP contribution in [0.1, 0.15) is 11.3 Å². The molecule has 4 rings (SSSR count). The van der Waals surface area contributed by atoms with Crippen molar-refractivity contribution in [1.82, 2.24) is 25.2 Å². The average molecular weight is 347 g/mol. The van der Waals surface area contributed by atoms with Crippen LogP contribution in [0, 0.1) is 6.92 Å². The molecule has 0 aliphatic rings. The summed E-state index contributed by atoms with van der Waals surface area (Å²) in [4.78, 5) is 0. The van der Waals surface area contributed by atoms with Crippen LogP contribution in [0.4, 0.5) is 0 Å². The molecule has 0 aliphatic carbocycles. The highest BCUT2D eigenvalue weighted by Gasteiger charge is 2.21. The average Bonchev–Trinajstić information content (AvgIpc) is 3.31. The second-order valence-corrected chi connectivity index (χ2v) is 5.84. The molecule has 130 valence electrons. The Labute approximate surface area is 150 Å². The van der Waals surface area contributed by atoms with Gasteiger partial charge < -0.3 is 9.15 Å². The third kappa shape index (κ3) is 3.00. The molecule has 4 aromatic rings. The first-order chi connectivity index (χ1) is 12.8. The van der Waals surface area contributed by atoms with Gasteiger partial charge in [0.15, 0.2) is 5.69 Å². The van der Waals surface area contributed by atoms with Gasteiger partial charge in [0.1, 0.15) is 5.69 Å². The van der Waals surface area contributed by atoms with Crippen LogP contribution in [-0.4, -0.2) is 32.3 Å². The van der Waals surface area contributed by atoms with Gasteiger partial charge in [-0.1, -0.05) is 41.1 Å². The molecule has 7 heteroatoms. The van der Waals surface area contributed by atoms with Gasteiger partial charge in [0.25, 0.3) is 5.89 Å². The van der Waals surface area contributed by atoms with Gasteiger partial charge in [0, 0.05) is 12.7 Å². The molecular formula is C19H17N5O2. The first-order valence-corrected chi connectivity index (χ1v) is 8.16. The van der Waals surface area contributed by atoms with Crippen LogP contribution in [-0.2, 0) is 11.3 Å². The highest BCUT2D eigenvalue weighted by Crippen LogP contribution is 2.26. The van der Waals surface area contributed by atoms with E-state index in [0.717, 1.165) is 16.9 Å². The molecule has 0 aliphatic heterocycles. The van der Waals surface area contributed by atoms with E-state index in [0.29, 0.717) is 24.1 Å². The fourth-order valence-electron chi connectivity index (χ4n) is 2.64. The van der Waals surface area contributed by atoms with Crippen molar-refractivity contribution >= 4 is 0 Å². The van der Waals surface area contributed by atoms with Crippen LogP contribution < -0.4 is 0 Å². The summed E-state index contributed by atoms with van der Waals surface area (Å²) < 4.78 is 12.9. The zero-order chi connectivity index (χ0) is 17.9. The Bertz CT molecular complexity index is 1010. The Balaban J connectivity index is 1.75. The predicted octanol–water partition coefficient (Wildman–Crippen LogP) is 3.44. The molecule has 26 heavy (non-hydrogen) atoms. The van der Waals surface area contributed by atoms with Crippen molar-refractivity contribution < 1.29 is 9.15 Å². The lowest BCUT2D eigenvalue weighted by Crippen LogP contribution is -2.04. The van der Waals surface area contributed by atoms with Crippen LogP contribution in [0.25, 0.3) is 28.7 Å². The predicted molar refractivity (Wildman–Crippen MR) is 95.5 cm³/mol. The van der Waals surface area contributed by atoms with Crippen LogP contribution >= 0.6 is 0 Å². The van der Waals surface area contributed by atoms with Crippen molar-refractivity contribution in [2.45, 2.75) is 13.5 Å². The third-order valence-corrected chi connectivity index (χ3v) is 3.97. The van der Waals surface area contributed by atoms with E-state index in [4.69, 9.17) is 9.15 Å². The summed E-state index contributed by atoms with van der Waals surface area (Å²) in [6.45, 7) is 2.36. The maximum absolute atomic E-state index is 5.82.